The summed E-state index contributed by atoms with van der Waals surface area (Å²) in [5.41, 5.74) is 8.64. The largest absolute Gasteiger partial charge is 0.364 e. The van der Waals surface area contributed by atoms with Crippen LogP contribution in [0, 0.1) is 11.6 Å². The van der Waals surface area contributed by atoms with Crippen LogP contribution in [0.5, 0.6) is 0 Å². The number of nitrogens with two attached hydrogens (primary N) is 1. The normalized spacial score (nSPS) is 15.3. The zero-order valence-corrected chi connectivity index (χ0v) is 14.8. The van der Waals surface area contributed by atoms with E-state index < -0.39 is 17.5 Å². The fraction of sp³-hybridized carbons (Fsp3) is 0.286. The maximum Gasteiger partial charge on any atom is 0.265 e. The number of piperidine rings is 1. The summed E-state index contributed by atoms with van der Waals surface area (Å²) in [6, 6.07) is 11.6. The molecule has 0 saturated carbocycles. The molecule has 6 heteroatoms. The first kappa shape index (κ1) is 17.7. The summed E-state index contributed by atoms with van der Waals surface area (Å²) in [6.07, 6.45) is 2.08. The number of aromatic nitrogens is 1. The molecule has 1 fully saturated rings. The third-order valence-electron chi connectivity index (χ3n) is 5.34. The molecule has 0 bridgehead atoms. The van der Waals surface area contributed by atoms with Gasteiger partial charge in [0.1, 0.15) is 5.69 Å². The van der Waals surface area contributed by atoms with Gasteiger partial charge in [0, 0.05) is 17.4 Å². The fourth-order valence-electron chi connectivity index (χ4n) is 3.99. The number of halogens is 2. The van der Waals surface area contributed by atoms with Gasteiger partial charge in [-0.1, -0.05) is 18.2 Å². The molecule has 0 aliphatic carbocycles. The van der Waals surface area contributed by atoms with Gasteiger partial charge in [0.2, 0.25) is 0 Å². The first-order valence-electron chi connectivity index (χ1n) is 9.11. The van der Waals surface area contributed by atoms with Crippen LogP contribution in [0.25, 0.3) is 10.9 Å². The van der Waals surface area contributed by atoms with Crippen LogP contribution in [0.4, 0.5) is 8.78 Å². The molecular formula is C21H21F2N3O. The monoisotopic (exact) mass is 369 g/mol. The third-order valence-corrected chi connectivity index (χ3v) is 5.34. The maximum absolute atomic E-state index is 13.6. The Morgan fingerprint density at radius 3 is 2.59 bits per heavy atom. The minimum absolute atomic E-state index is 0.245. The number of nitrogens with one attached hydrogen (secondary N) is 1. The van der Waals surface area contributed by atoms with E-state index in [0.717, 1.165) is 49.0 Å². The van der Waals surface area contributed by atoms with Crippen molar-refractivity contribution in [1.29, 1.82) is 0 Å². The van der Waals surface area contributed by atoms with Gasteiger partial charge >= 0.3 is 0 Å². The second-order valence-corrected chi connectivity index (χ2v) is 7.03. The van der Waals surface area contributed by atoms with Crippen LogP contribution in [-0.2, 0) is 6.54 Å². The summed E-state index contributed by atoms with van der Waals surface area (Å²) in [6.45, 7) is 2.19. The highest BCUT2D eigenvalue weighted by Crippen LogP contribution is 2.33. The highest BCUT2D eigenvalue weighted by atomic mass is 19.2. The Morgan fingerprint density at radius 1 is 1.11 bits per heavy atom. The van der Waals surface area contributed by atoms with E-state index in [9.17, 15) is 13.6 Å². The predicted octanol–water partition coefficient (Wildman–Crippen LogP) is 3.53. The number of nitrogens with zero attached hydrogens (tertiary/aromatic N) is 1. The molecule has 3 N–H and O–H groups in total. The first-order valence-corrected chi connectivity index (χ1v) is 9.11. The molecule has 1 saturated heterocycles. The lowest BCUT2D eigenvalue weighted by molar-refractivity contribution is 0.0992. The quantitative estimate of drug-likeness (QED) is 0.739. The average molecular weight is 369 g/mol. The molecule has 4 rings (SSSR count). The van der Waals surface area contributed by atoms with Gasteiger partial charge in [0.15, 0.2) is 11.6 Å². The second-order valence-electron chi connectivity index (χ2n) is 7.03. The zero-order valence-electron chi connectivity index (χ0n) is 14.8. The lowest BCUT2D eigenvalue weighted by Crippen LogP contribution is -2.26. The van der Waals surface area contributed by atoms with Crippen molar-refractivity contribution in [1.82, 2.24) is 9.88 Å². The molecule has 140 valence electrons. The Balaban J connectivity index is 1.82. The van der Waals surface area contributed by atoms with Crippen molar-refractivity contribution in [2.24, 2.45) is 5.73 Å². The number of rotatable bonds is 4. The summed E-state index contributed by atoms with van der Waals surface area (Å²) >= 11 is 0. The Morgan fingerprint density at radius 2 is 1.89 bits per heavy atom. The molecule has 0 atom stereocenters. The van der Waals surface area contributed by atoms with Crippen LogP contribution >= 0.6 is 0 Å². The molecule has 1 aliphatic heterocycles. The summed E-state index contributed by atoms with van der Waals surface area (Å²) in [5, 5.41) is 4.37. The molecule has 1 aliphatic rings. The summed E-state index contributed by atoms with van der Waals surface area (Å²) in [5.74, 6) is -1.90. The Bertz CT molecular complexity index is 1010. The number of amides is 1. The van der Waals surface area contributed by atoms with E-state index >= 15 is 0 Å². The standard InChI is InChI=1S/C21H21F2N3O/c22-17-5-4-13(10-18(17)23)12-26-19-3-1-2-15(14-6-8-25-9-7-14)16(19)11-20(26)21(24)27/h1-5,10-11,14,25H,6-9,12H2,(H2,24,27). The second kappa shape index (κ2) is 7.12. The average Bonchev–Trinajstić information content (AvgIpc) is 3.04. The lowest BCUT2D eigenvalue weighted by atomic mass is 9.88. The van der Waals surface area contributed by atoms with Crippen molar-refractivity contribution < 1.29 is 13.6 Å². The molecule has 4 nitrogen and oxygen atoms in total. The topological polar surface area (TPSA) is 60.1 Å². The highest BCUT2D eigenvalue weighted by molar-refractivity contribution is 5.99. The van der Waals surface area contributed by atoms with Crippen molar-refractivity contribution in [2.45, 2.75) is 25.3 Å². The van der Waals surface area contributed by atoms with Crippen LogP contribution in [0.1, 0.15) is 40.4 Å². The van der Waals surface area contributed by atoms with E-state index in [1.165, 1.54) is 11.6 Å². The number of fused-ring (bicyclic) bond motifs is 1. The number of benzene rings is 2. The van der Waals surface area contributed by atoms with E-state index in [1.807, 2.05) is 18.2 Å². The number of hydrogen-bond acceptors (Lipinski definition) is 2. The van der Waals surface area contributed by atoms with Gasteiger partial charge in [0.25, 0.3) is 5.91 Å². The van der Waals surface area contributed by atoms with Gasteiger partial charge in [0.05, 0.1) is 0 Å². The molecule has 0 spiro atoms. The van der Waals surface area contributed by atoms with Gasteiger partial charge in [-0.3, -0.25) is 4.79 Å². The SMILES string of the molecule is NC(=O)c1cc2c(C3CCNCC3)cccc2n1Cc1ccc(F)c(F)c1. The van der Waals surface area contributed by atoms with Gasteiger partial charge < -0.3 is 15.6 Å². The van der Waals surface area contributed by atoms with Gasteiger partial charge in [-0.25, -0.2) is 8.78 Å². The van der Waals surface area contributed by atoms with Crippen molar-refractivity contribution >= 4 is 16.8 Å². The van der Waals surface area contributed by atoms with Gasteiger partial charge in [-0.2, -0.15) is 0 Å². The van der Waals surface area contributed by atoms with E-state index in [4.69, 9.17) is 5.73 Å². The van der Waals surface area contributed by atoms with Crippen LogP contribution in [-0.4, -0.2) is 23.6 Å². The minimum Gasteiger partial charge on any atom is -0.364 e. The van der Waals surface area contributed by atoms with Gasteiger partial charge in [-0.15, -0.1) is 0 Å². The first-order chi connectivity index (χ1) is 13.0. The smallest absolute Gasteiger partial charge is 0.265 e. The number of hydrogen-bond donors (Lipinski definition) is 2. The zero-order chi connectivity index (χ0) is 19.0. The van der Waals surface area contributed by atoms with Crippen molar-refractivity contribution in [2.75, 3.05) is 13.1 Å². The van der Waals surface area contributed by atoms with E-state index in [2.05, 4.69) is 11.4 Å². The molecule has 1 amide bonds. The van der Waals surface area contributed by atoms with Gasteiger partial charge in [-0.05, 0) is 67.2 Å². The summed E-state index contributed by atoms with van der Waals surface area (Å²) in [7, 11) is 0. The summed E-state index contributed by atoms with van der Waals surface area (Å²) < 4.78 is 28.6. The highest BCUT2D eigenvalue weighted by Gasteiger charge is 2.21. The Hall–Kier alpha value is -2.73. The van der Waals surface area contributed by atoms with Crippen molar-refractivity contribution in [3.8, 4) is 0 Å². The molecule has 0 radical (unpaired) electrons. The molecular weight excluding hydrogens is 348 g/mol. The predicted molar refractivity (Wildman–Crippen MR) is 101 cm³/mol. The number of carbonyl (C=O) groups excluding carboxylic acids is 1. The Labute approximate surface area is 156 Å². The summed E-state index contributed by atoms with van der Waals surface area (Å²) in [4.78, 5) is 12.0. The maximum atomic E-state index is 13.6. The lowest BCUT2D eigenvalue weighted by Gasteiger charge is -2.23. The van der Waals surface area contributed by atoms with E-state index in [-0.39, 0.29) is 6.54 Å². The Kier molecular flexibility index (Phi) is 4.66. The molecule has 2 heterocycles. The van der Waals surface area contributed by atoms with Crippen molar-refractivity contribution in [3.63, 3.8) is 0 Å². The fourth-order valence-corrected chi connectivity index (χ4v) is 3.99. The van der Waals surface area contributed by atoms with Crippen LogP contribution in [0.2, 0.25) is 0 Å². The number of primary amides is 1. The molecule has 3 aromatic rings. The number of carbonyl (C=O) groups is 1. The molecule has 2 aromatic carbocycles. The van der Waals surface area contributed by atoms with E-state index in [1.54, 1.807) is 4.57 Å². The third kappa shape index (κ3) is 3.32. The minimum atomic E-state index is -0.903. The van der Waals surface area contributed by atoms with Crippen LogP contribution < -0.4 is 11.1 Å². The van der Waals surface area contributed by atoms with Crippen molar-refractivity contribution in [3.05, 3.63) is 70.9 Å². The van der Waals surface area contributed by atoms with E-state index in [0.29, 0.717) is 17.2 Å². The van der Waals surface area contributed by atoms with Crippen LogP contribution in [0.15, 0.2) is 42.5 Å². The molecule has 27 heavy (non-hydrogen) atoms. The molecule has 0 unspecified atom stereocenters. The molecule has 1 aromatic heterocycles. The van der Waals surface area contributed by atoms with Crippen LogP contribution in [0.3, 0.4) is 0 Å².